The van der Waals surface area contributed by atoms with Crippen molar-refractivity contribution in [1.29, 1.82) is 0 Å². The molecule has 13 heteroatoms. The molecule has 3 amide bonds. The number of rotatable bonds is 12. The first kappa shape index (κ1) is 27.3. The molecule has 33 heavy (non-hydrogen) atoms. The summed E-state index contributed by atoms with van der Waals surface area (Å²) in [5.41, 5.74) is 5.96. The van der Waals surface area contributed by atoms with Crippen molar-refractivity contribution >= 4 is 29.7 Å². The summed E-state index contributed by atoms with van der Waals surface area (Å²) in [7, 11) is 0. The molecule has 0 aliphatic rings. The summed E-state index contributed by atoms with van der Waals surface area (Å²) in [5.74, 6) is -5.44. The third kappa shape index (κ3) is 9.13. The number of nitrogens with one attached hydrogen (secondary N) is 3. The van der Waals surface area contributed by atoms with E-state index in [1.807, 2.05) is 0 Å². The minimum Gasteiger partial charge on any atom is -0.508 e. The Labute approximate surface area is 189 Å². The van der Waals surface area contributed by atoms with Crippen LogP contribution in [-0.2, 0) is 30.4 Å². The third-order valence-corrected chi connectivity index (χ3v) is 4.54. The molecule has 0 bridgehead atoms. The molecule has 1 aromatic carbocycles. The molecule has 0 spiro atoms. The summed E-state index contributed by atoms with van der Waals surface area (Å²) in [6.07, 6.45) is -2.18. The maximum Gasteiger partial charge on any atom is 0.328 e. The standard InChI is InChI=1S/C20H28N4O9/c1-9(22-18(30)13(21)8-15(27)28)17(29)23-14(7-11-3-5-12(26)6-4-11)19(31)24-16(10(2)25)20(32)33/h3-6,9-10,13-14,16,25-26H,7-8,21H2,1-2H3,(H,22,30)(H,23,29)(H,24,31)(H,27,28)(H,32,33). The Morgan fingerprint density at radius 2 is 1.48 bits per heavy atom. The van der Waals surface area contributed by atoms with Crippen LogP contribution in [-0.4, -0.2) is 80.4 Å². The van der Waals surface area contributed by atoms with Gasteiger partial charge < -0.3 is 42.1 Å². The molecular weight excluding hydrogens is 440 g/mol. The van der Waals surface area contributed by atoms with Crippen molar-refractivity contribution in [3.63, 3.8) is 0 Å². The van der Waals surface area contributed by atoms with Gasteiger partial charge >= 0.3 is 11.9 Å². The van der Waals surface area contributed by atoms with Crippen LogP contribution in [0.4, 0.5) is 0 Å². The van der Waals surface area contributed by atoms with Gasteiger partial charge in [-0.1, -0.05) is 12.1 Å². The highest BCUT2D eigenvalue weighted by Crippen LogP contribution is 2.12. The molecule has 182 valence electrons. The van der Waals surface area contributed by atoms with Crippen LogP contribution in [0.2, 0.25) is 0 Å². The molecule has 5 unspecified atom stereocenters. The van der Waals surface area contributed by atoms with Crippen molar-refractivity contribution in [2.75, 3.05) is 0 Å². The van der Waals surface area contributed by atoms with E-state index in [1.54, 1.807) is 0 Å². The van der Waals surface area contributed by atoms with Crippen molar-refractivity contribution in [2.45, 2.75) is 57.0 Å². The average Bonchev–Trinajstić information content (AvgIpc) is 2.71. The van der Waals surface area contributed by atoms with E-state index in [0.29, 0.717) is 5.56 Å². The number of carbonyl (C=O) groups excluding carboxylic acids is 3. The number of benzene rings is 1. The van der Waals surface area contributed by atoms with Gasteiger partial charge in [-0.25, -0.2) is 4.79 Å². The molecule has 0 saturated carbocycles. The van der Waals surface area contributed by atoms with Gasteiger partial charge in [0.1, 0.15) is 17.8 Å². The molecule has 13 nitrogen and oxygen atoms in total. The summed E-state index contributed by atoms with van der Waals surface area (Å²) in [5, 5.41) is 43.7. The van der Waals surface area contributed by atoms with Gasteiger partial charge in [-0.3, -0.25) is 19.2 Å². The lowest BCUT2D eigenvalue weighted by Gasteiger charge is -2.24. The fourth-order valence-corrected chi connectivity index (χ4v) is 2.68. The van der Waals surface area contributed by atoms with Crippen molar-refractivity contribution in [1.82, 2.24) is 16.0 Å². The normalized spacial score (nSPS) is 15.3. The Bertz CT molecular complexity index is 873. The van der Waals surface area contributed by atoms with E-state index < -0.39 is 66.4 Å². The summed E-state index contributed by atoms with van der Waals surface area (Å²) in [4.78, 5) is 59.2. The predicted molar refractivity (Wildman–Crippen MR) is 113 cm³/mol. The second-order valence-electron chi connectivity index (χ2n) is 7.43. The predicted octanol–water partition coefficient (Wildman–Crippen LogP) is -2.32. The van der Waals surface area contributed by atoms with Gasteiger partial charge in [0.2, 0.25) is 17.7 Å². The minimum absolute atomic E-state index is 0.0298. The summed E-state index contributed by atoms with van der Waals surface area (Å²) >= 11 is 0. The number of phenols is 1. The zero-order valence-electron chi connectivity index (χ0n) is 18.0. The third-order valence-electron chi connectivity index (χ3n) is 4.54. The number of nitrogens with two attached hydrogens (primary N) is 1. The molecule has 0 heterocycles. The number of phenolic OH excluding ortho intramolecular Hbond substituents is 1. The Morgan fingerprint density at radius 1 is 0.909 bits per heavy atom. The number of carboxylic acids is 2. The first-order valence-electron chi connectivity index (χ1n) is 9.89. The van der Waals surface area contributed by atoms with Gasteiger partial charge in [-0.2, -0.15) is 0 Å². The van der Waals surface area contributed by atoms with Crippen molar-refractivity contribution in [3.8, 4) is 5.75 Å². The highest BCUT2D eigenvalue weighted by atomic mass is 16.4. The van der Waals surface area contributed by atoms with Crippen LogP contribution < -0.4 is 21.7 Å². The number of aliphatic hydroxyl groups excluding tert-OH is 1. The Kier molecular flexibility index (Phi) is 10.2. The molecule has 0 aromatic heterocycles. The maximum atomic E-state index is 12.7. The first-order chi connectivity index (χ1) is 15.3. The van der Waals surface area contributed by atoms with E-state index in [2.05, 4.69) is 16.0 Å². The number of carboxylic acid groups (broad SMARTS) is 2. The molecule has 0 aliphatic heterocycles. The number of amides is 3. The number of hydrogen-bond donors (Lipinski definition) is 8. The van der Waals surface area contributed by atoms with E-state index in [0.717, 1.165) is 0 Å². The van der Waals surface area contributed by atoms with Gasteiger partial charge in [0.05, 0.1) is 18.6 Å². The zero-order chi connectivity index (χ0) is 25.3. The lowest BCUT2D eigenvalue weighted by Crippen LogP contribution is -2.58. The summed E-state index contributed by atoms with van der Waals surface area (Å²) in [6.45, 7) is 2.46. The Balaban J connectivity index is 2.97. The van der Waals surface area contributed by atoms with Crippen molar-refractivity contribution in [2.24, 2.45) is 5.73 Å². The number of aliphatic hydroxyl groups is 1. The van der Waals surface area contributed by atoms with Crippen LogP contribution in [0.3, 0.4) is 0 Å². The van der Waals surface area contributed by atoms with Crippen LogP contribution in [0.1, 0.15) is 25.8 Å². The summed E-state index contributed by atoms with van der Waals surface area (Å²) in [6, 6.07) is 0.138. The molecule has 0 radical (unpaired) electrons. The SMILES string of the molecule is CC(NC(=O)C(N)CC(=O)O)C(=O)NC(Cc1ccc(O)cc1)C(=O)NC(C(=O)O)C(C)O. The van der Waals surface area contributed by atoms with Gasteiger partial charge in [-0.05, 0) is 31.5 Å². The first-order valence-corrected chi connectivity index (χ1v) is 9.89. The molecule has 0 aliphatic carbocycles. The number of aromatic hydroxyl groups is 1. The highest BCUT2D eigenvalue weighted by molar-refractivity contribution is 5.94. The zero-order valence-corrected chi connectivity index (χ0v) is 18.0. The number of aliphatic carboxylic acids is 2. The quantitative estimate of drug-likeness (QED) is 0.163. The highest BCUT2D eigenvalue weighted by Gasteiger charge is 2.31. The van der Waals surface area contributed by atoms with Gasteiger partial charge in [0.15, 0.2) is 6.04 Å². The second kappa shape index (κ2) is 12.4. The Hall–Kier alpha value is -3.71. The summed E-state index contributed by atoms with van der Waals surface area (Å²) < 4.78 is 0. The van der Waals surface area contributed by atoms with Crippen molar-refractivity contribution in [3.05, 3.63) is 29.8 Å². The minimum atomic E-state index is -1.64. The van der Waals surface area contributed by atoms with E-state index >= 15 is 0 Å². The maximum absolute atomic E-state index is 12.7. The van der Waals surface area contributed by atoms with Gasteiger partial charge in [0, 0.05) is 6.42 Å². The topological polar surface area (TPSA) is 228 Å². The largest absolute Gasteiger partial charge is 0.508 e. The van der Waals surface area contributed by atoms with Crippen molar-refractivity contribution < 1.29 is 44.4 Å². The van der Waals surface area contributed by atoms with E-state index in [1.165, 1.54) is 38.1 Å². The fourth-order valence-electron chi connectivity index (χ4n) is 2.68. The molecule has 0 saturated heterocycles. The fraction of sp³-hybridized carbons (Fsp3) is 0.450. The van der Waals surface area contributed by atoms with Gasteiger partial charge in [-0.15, -0.1) is 0 Å². The molecule has 5 atom stereocenters. The monoisotopic (exact) mass is 468 g/mol. The van der Waals surface area contributed by atoms with Gasteiger partial charge in [0.25, 0.3) is 0 Å². The Morgan fingerprint density at radius 3 is 1.97 bits per heavy atom. The van der Waals surface area contributed by atoms with E-state index in [-0.39, 0.29) is 12.2 Å². The van der Waals surface area contributed by atoms with Crippen LogP contribution in [0.5, 0.6) is 5.75 Å². The van der Waals surface area contributed by atoms with Crippen LogP contribution in [0, 0.1) is 0 Å². The average molecular weight is 468 g/mol. The molecule has 1 rings (SSSR count). The molecular formula is C20H28N4O9. The lowest BCUT2D eigenvalue weighted by molar-refractivity contribution is -0.145. The molecule has 1 aromatic rings. The smallest absolute Gasteiger partial charge is 0.328 e. The van der Waals surface area contributed by atoms with Crippen LogP contribution in [0.15, 0.2) is 24.3 Å². The van der Waals surface area contributed by atoms with E-state index in [4.69, 9.17) is 10.8 Å². The van der Waals surface area contributed by atoms with Crippen LogP contribution >= 0.6 is 0 Å². The molecule has 0 fully saturated rings. The molecule has 9 N–H and O–H groups in total. The van der Waals surface area contributed by atoms with Crippen LogP contribution in [0.25, 0.3) is 0 Å². The second-order valence-corrected chi connectivity index (χ2v) is 7.43. The number of carbonyl (C=O) groups is 5. The van der Waals surface area contributed by atoms with E-state index in [9.17, 15) is 39.3 Å². The number of hydrogen-bond acceptors (Lipinski definition) is 8. The lowest BCUT2D eigenvalue weighted by atomic mass is 10.0.